The number of likely N-dealkylation sites (N-methyl/N-ethyl adjacent to an activating group) is 1. The van der Waals surface area contributed by atoms with Crippen LogP contribution >= 0.6 is 0 Å². The van der Waals surface area contributed by atoms with Gasteiger partial charge in [0, 0.05) is 13.1 Å². The molecule has 0 aromatic rings. The molecule has 1 aliphatic heterocycles. The van der Waals surface area contributed by atoms with Crippen molar-refractivity contribution in [3.8, 4) is 0 Å². The lowest BCUT2D eigenvalue weighted by Crippen LogP contribution is -2.48. The van der Waals surface area contributed by atoms with E-state index in [1.807, 2.05) is 20.8 Å². The van der Waals surface area contributed by atoms with Gasteiger partial charge in [-0.05, 0) is 12.5 Å². The molecule has 0 aromatic carbocycles. The summed E-state index contributed by atoms with van der Waals surface area (Å²) in [6, 6.07) is -0.607. The Kier molecular flexibility index (Phi) is 4.19. The van der Waals surface area contributed by atoms with E-state index < -0.39 is 15.9 Å². The Bertz CT molecular complexity index is 384. The van der Waals surface area contributed by atoms with Crippen LogP contribution in [0.4, 0.5) is 0 Å². The van der Waals surface area contributed by atoms with Crippen LogP contribution in [-0.4, -0.2) is 56.9 Å². The van der Waals surface area contributed by atoms with Crippen LogP contribution in [0.1, 0.15) is 20.8 Å². The Morgan fingerprint density at radius 1 is 1.41 bits per heavy atom. The van der Waals surface area contributed by atoms with Crippen molar-refractivity contribution >= 4 is 15.7 Å². The number of hydrogen-bond acceptors (Lipinski definition) is 4. The molecule has 1 rings (SSSR count). The van der Waals surface area contributed by atoms with Gasteiger partial charge in [-0.2, -0.15) is 0 Å². The maximum Gasteiger partial charge on any atom is 0.240 e. The van der Waals surface area contributed by atoms with Crippen LogP contribution in [0, 0.1) is 5.41 Å². The van der Waals surface area contributed by atoms with E-state index in [4.69, 9.17) is 0 Å². The molecule has 1 atom stereocenters. The molecule has 1 unspecified atom stereocenters. The molecule has 1 N–H and O–H groups in total. The Hall–Kier alpha value is -0.620. The second-order valence-electron chi connectivity index (χ2n) is 5.78. The summed E-state index contributed by atoms with van der Waals surface area (Å²) >= 11 is 0. The number of sulfone groups is 1. The van der Waals surface area contributed by atoms with Crippen LogP contribution in [0.5, 0.6) is 0 Å². The highest BCUT2D eigenvalue weighted by Crippen LogP contribution is 2.17. The number of amides is 1. The summed E-state index contributed by atoms with van der Waals surface area (Å²) in [6.45, 7) is 6.99. The van der Waals surface area contributed by atoms with Crippen LogP contribution in [0.3, 0.4) is 0 Å². The van der Waals surface area contributed by atoms with Gasteiger partial charge in [0.25, 0.3) is 0 Å². The summed E-state index contributed by atoms with van der Waals surface area (Å²) in [7, 11) is -1.50. The molecular weight excluding hydrogens is 240 g/mol. The predicted octanol–water partition coefficient (Wildman–Crippen LogP) is -0.122. The second kappa shape index (κ2) is 4.94. The standard InChI is InChI=1S/C11H22N2O3S/c1-11(2,3)8-13-5-6-17(15,16)7-9(12-4)10(13)14/h9,12H,5-8H2,1-4H3. The zero-order valence-electron chi connectivity index (χ0n) is 11.0. The van der Waals surface area contributed by atoms with E-state index in [1.165, 1.54) is 0 Å². The van der Waals surface area contributed by atoms with Gasteiger partial charge < -0.3 is 10.2 Å². The van der Waals surface area contributed by atoms with Gasteiger partial charge in [0.05, 0.1) is 11.5 Å². The molecule has 1 fully saturated rings. The molecule has 1 saturated heterocycles. The first kappa shape index (κ1) is 14.4. The van der Waals surface area contributed by atoms with Gasteiger partial charge >= 0.3 is 0 Å². The van der Waals surface area contributed by atoms with E-state index in [2.05, 4.69) is 5.32 Å². The summed E-state index contributed by atoms with van der Waals surface area (Å²) < 4.78 is 23.4. The zero-order chi connectivity index (χ0) is 13.3. The first-order valence-electron chi connectivity index (χ1n) is 5.81. The van der Waals surface area contributed by atoms with E-state index in [0.717, 1.165) is 0 Å². The van der Waals surface area contributed by atoms with Crippen LogP contribution in [0.15, 0.2) is 0 Å². The molecule has 1 aliphatic rings. The molecule has 0 radical (unpaired) electrons. The molecular formula is C11H22N2O3S. The largest absolute Gasteiger partial charge is 0.340 e. The fourth-order valence-corrected chi connectivity index (χ4v) is 3.41. The molecule has 5 nitrogen and oxygen atoms in total. The van der Waals surface area contributed by atoms with Crippen LogP contribution in [0.2, 0.25) is 0 Å². The summed E-state index contributed by atoms with van der Waals surface area (Å²) in [6.07, 6.45) is 0. The number of rotatable bonds is 2. The van der Waals surface area contributed by atoms with E-state index in [1.54, 1.807) is 11.9 Å². The molecule has 1 amide bonds. The number of nitrogens with one attached hydrogen (secondary N) is 1. The van der Waals surface area contributed by atoms with Crippen molar-refractivity contribution in [2.45, 2.75) is 26.8 Å². The second-order valence-corrected chi connectivity index (χ2v) is 8.00. The first-order chi connectivity index (χ1) is 7.64. The molecule has 0 aromatic heterocycles. The SMILES string of the molecule is CNC1CS(=O)(=O)CCN(CC(C)(C)C)C1=O. The highest BCUT2D eigenvalue weighted by Gasteiger charge is 2.34. The number of nitrogens with zero attached hydrogens (tertiary/aromatic N) is 1. The summed E-state index contributed by atoms with van der Waals surface area (Å²) in [5.41, 5.74) is -0.0257. The van der Waals surface area contributed by atoms with Gasteiger partial charge in [0.1, 0.15) is 6.04 Å². The van der Waals surface area contributed by atoms with Crippen LogP contribution in [0.25, 0.3) is 0 Å². The van der Waals surface area contributed by atoms with Gasteiger partial charge in [0.15, 0.2) is 9.84 Å². The normalized spacial score (nSPS) is 25.8. The zero-order valence-corrected chi connectivity index (χ0v) is 11.8. The number of carbonyl (C=O) groups is 1. The predicted molar refractivity (Wildman–Crippen MR) is 67.5 cm³/mol. The minimum atomic E-state index is -3.13. The highest BCUT2D eigenvalue weighted by atomic mass is 32.2. The Balaban J connectivity index is 2.89. The average molecular weight is 262 g/mol. The molecule has 0 saturated carbocycles. The van der Waals surface area contributed by atoms with Crippen molar-refractivity contribution in [1.29, 1.82) is 0 Å². The van der Waals surface area contributed by atoms with Gasteiger partial charge in [-0.25, -0.2) is 8.42 Å². The Morgan fingerprint density at radius 2 is 2.00 bits per heavy atom. The van der Waals surface area contributed by atoms with Crippen LogP contribution in [-0.2, 0) is 14.6 Å². The van der Waals surface area contributed by atoms with Crippen molar-refractivity contribution in [3.63, 3.8) is 0 Å². The Morgan fingerprint density at radius 3 is 2.47 bits per heavy atom. The summed E-state index contributed by atoms with van der Waals surface area (Å²) in [5, 5.41) is 2.79. The lowest BCUT2D eigenvalue weighted by Gasteiger charge is -2.30. The van der Waals surface area contributed by atoms with E-state index >= 15 is 0 Å². The van der Waals surface area contributed by atoms with Crippen LogP contribution < -0.4 is 5.32 Å². The third kappa shape index (κ3) is 4.27. The number of carbonyl (C=O) groups excluding carboxylic acids is 1. The fraction of sp³-hybridized carbons (Fsp3) is 0.909. The topological polar surface area (TPSA) is 66.5 Å². The average Bonchev–Trinajstić information content (AvgIpc) is 2.27. The van der Waals surface area contributed by atoms with E-state index in [0.29, 0.717) is 13.1 Å². The van der Waals surface area contributed by atoms with Crippen molar-refractivity contribution in [2.75, 3.05) is 31.6 Å². The molecule has 6 heteroatoms. The highest BCUT2D eigenvalue weighted by molar-refractivity contribution is 7.91. The summed E-state index contributed by atoms with van der Waals surface area (Å²) in [4.78, 5) is 13.8. The van der Waals surface area contributed by atoms with Gasteiger partial charge in [0.2, 0.25) is 5.91 Å². The van der Waals surface area contributed by atoms with Crippen molar-refractivity contribution < 1.29 is 13.2 Å². The first-order valence-corrected chi connectivity index (χ1v) is 7.63. The maximum atomic E-state index is 12.1. The van der Waals surface area contributed by atoms with Gasteiger partial charge in [-0.15, -0.1) is 0 Å². The smallest absolute Gasteiger partial charge is 0.240 e. The lowest BCUT2D eigenvalue weighted by atomic mass is 9.96. The fourth-order valence-electron chi connectivity index (χ4n) is 1.92. The lowest BCUT2D eigenvalue weighted by molar-refractivity contribution is -0.133. The monoisotopic (exact) mass is 262 g/mol. The third-order valence-electron chi connectivity index (χ3n) is 2.72. The molecule has 1 heterocycles. The quantitative estimate of drug-likeness (QED) is 0.753. The van der Waals surface area contributed by atoms with Crippen molar-refractivity contribution in [3.05, 3.63) is 0 Å². The minimum Gasteiger partial charge on any atom is -0.340 e. The maximum absolute atomic E-state index is 12.1. The van der Waals surface area contributed by atoms with Crippen molar-refractivity contribution in [2.24, 2.45) is 5.41 Å². The van der Waals surface area contributed by atoms with E-state index in [-0.39, 0.29) is 22.8 Å². The third-order valence-corrected chi connectivity index (χ3v) is 4.36. The van der Waals surface area contributed by atoms with Gasteiger partial charge in [-0.3, -0.25) is 4.79 Å². The molecule has 17 heavy (non-hydrogen) atoms. The van der Waals surface area contributed by atoms with E-state index in [9.17, 15) is 13.2 Å². The molecule has 0 bridgehead atoms. The molecule has 100 valence electrons. The number of hydrogen-bond donors (Lipinski definition) is 1. The van der Waals surface area contributed by atoms with Crippen molar-refractivity contribution in [1.82, 2.24) is 10.2 Å². The molecule has 0 aliphatic carbocycles. The Labute approximate surface area is 103 Å². The summed E-state index contributed by atoms with van der Waals surface area (Å²) in [5.74, 6) is -0.140. The minimum absolute atomic E-state index is 0.0257. The van der Waals surface area contributed by atoms with Gasteiger partial charge in [-0.1, -0.05) is 20.8 Å². The molecule has 0 spiro atoms.